The molecule has 0 radical (unpaired) electrons. The van der Waals surface area contributed by atoms with Crippen molar-refractivity contribution in [1.29, 1.82) is 0 Å². The molecule has 0 aliphatic carbocycles. The number of hydrogen-bond acceptors (Lipinski definition) is 6. The third-order valence-corrected chi connectivity index (χ3v) is 4.32. The van der Waals surface area contributed by atoms with Gasteiger partial charge in [-0.2, -0.15) is 0 Å². The molecule has 1 aliphatic heterocycles. The van der Waals surface area contributed by atoms with Crippen LogP contribution in [-0.2, 0) is 6.42 Å². The van der Waals surface area contributed by atoms with Gasteiger partial charge in [0.2, 0.25) is 0 Å². The van der Waals surface area contributed by atoms with Crippen molar-refractivity contribution < 1.29 is 14.3 Å². The number of aromatic nitrogens is 2. The highest BCUT2D eigenvalue weighted by molar-refractivity contribution is 6.02. The first-order valence-electron chi connectivity index (χ1n) is 9.10. The topological polar surface area (TPSA) is 85.4 Å². The number of amides is 1. The van der Waals surface area contributed by atoms with Crippen molar-refractivity contribution in [3.8, 4) is 11.5 Å². The largest absolute Gasteiger partial charge is 0.486 e. The average molecular weight is 376 g/mol. The van der Waals surface area contributed by atoms with Gasteiger partial charge in [0.25, 0.3) is 5.91 Å². The molecule has 1 amide bonds. The summed E-state index contributed by atoms with van der Waals surface area (Å²) in [4.78, 5) is 20.9. The summed E-state index contributed by atoms with van der Waals surface area (Å²) >= 11 is 0. The summed E-state index contributed by atoms with van der Waals surface area (Å²) in [7, 11) is 0. The van der Waals surface area contributed by atoms with Crippen molar-refractivity contribution in [3.05, 3.63) is 66.1 Å². The number of nitrogens with zero attached hydrogens (tertiary/aromatic N) is 2. The Labute approximate surface area is 162 Å². The summed E-state index contributed by atoms with van der Waals surface area (Å²) < 4.78 is 11.0. The van der Waals surface area contributed by atoms with Gasteiger partial charge in [0.15, 0.2) is 11.5 Å². The predicted octanol–water partition coefficient (Wildman–Crippen LogP) is 3.81. The lowest BCUT2D eigenvalue weighted by Gasteiger charge is -2.18. The fourth-order valence-electron chi connectivity index (χ4n) is 2.80. The van der Waals surface area contributed by atoms with Gasteiger partial charge in [-0.3, -0.25) is 4.79 Å². The van der Waals surface area contributed by atoms with Crippen LogP contribution in [0.5, 0.6) is 11.5 Å². The molecule has 2 heterocycles. The van der Waals surface area contributed by atoms with Crippen LogP contribution in [0.15, 0.2) is 54.9 Å². The van der Waals surface area contributed by atoms with Gasteiger partial charge in [0.1, 0.15) is 24.7 Å². The molecular weight excluding hydrogens is 356 g/mol. The first kappa shape index (κ1) is 17.8. The number of aryl methyl sites for hydroxylation is 1. The minimum absolute atomic E-state index is 0.224. The summed E-state index contributed by atoms with van der Waals surface area (Å²) in [5.74, 6) is 1.51. The molecule has 1 aliphatic rings. The Kier molecular flexibility index (Phi) is 5.05. The normalized spacial score (nSPS) is 12.3. The fourth-order valence-corrected chi connectivity index (χ4v) is 2.80. The van der Waals surface area contributed by atoms with Crippen molar-refractivity contribution in [1.82, 2.24) is 9.97 Å². The maximum absolute atomic E-state index is 12.4. The van der Waals surface area contributed by atoms with E-state index in [-0.39, 0.29) is 11.6 Å². The Bertz CT molecular complexity index is 972. The molecule has 0 bridgehead atoms. The summed E-state index contributed by atoms with van der Waals surface area (Å²) in [6.45, 7) is 3.13. The highest BCUT2D eigenvalue weighted by atomic mass is 16.6. The zero-order valence-electron chi connectivity index (χ0n) is 15.4. The smallest absolute Gasteiger partial charge is 0.275 e. The number of ether oxygens (including phenoxy) is 2. The molecule has 0 atom stereocenters. The van der Waals surface area contributed by atoms with Crippen LogP contribution in [0.4, 0.5) is 17.2 Å². The van der Waals surface area contributed by atoms with Crippen LogP contribution in [0.25, 0.3) is 0 Å². The van der Waals surface area contributed by atoms with Gasteiger partial charge < -0.3 is 20.1 Å². The van der Waals surface area contributed by atoms with Crippen LogP contribution in [0.2, 0.25) is 0 Å². The molecule has 0 saturated carbocycles. The van der Waals surface area contributed by atoms with E-state index in [2.05, 4.69) is 39.7 Å². The standard InChI is InChI=1S/C21H20N4O3/c1-2-14-3-5-15(6-4-14)24-20-13-22-17(12-23-20)21(26)25-16-7-8-18-19(11-16)28-10-9-27-18/h3-8,11-13H,2,9-10H2,1H3,(H,23,24)(H,25,26). The minimum Gasteiger partial charge on any atom is -0.486 e. The van der Waals surface area contributed by atoms with E-state index in [1.54, 1.807) is 18.2 Å². The molecule has 0 saturated heterocycles. The number of rotatable bonds is 5. The van der Waals surface area contributed by atoms with Gasteiger partial charge in [0, 0.05) is 17.4 Å². The Hall–Kier alpha value is -3.61. The maximum Gasteiger partial charge on any atom is 0.275 e. The van der Waals surface area contributed by atoms with Gasteiger partial charge in [-0.05, 0) is 36.2 Å². The van der Waals surface area contributed by atoms with E-state index >= 15 is 0 Å². The van der Waals surface area contributed by atoms with E-state index in [0.717, 1.165) is 12.1 Å². The van der Waals surface area contributed by atoms with Crippen molar-refractivity contribution >= 4 is 23.1 Å². The van der Waals surface area contributed by atoms with Crippen LogP contribution >= 0.6 is 0 Å². The first-order valence-corrected chi connectivity index (χ1v) is 9.10. The van der Waals surface area contributed by atoms with Crippen LogP contribution in [-0.4, -0.2) is 29.1 Å². The molecule has 4 rings (SSSR count). The quantitative estimate of drug-likeness (QED) is 0.704. The number of carbonyl (C=O) groups is 1. The van der Waals surface area contributed by atoms with E-state index in [0.29, 0.717) is 36.2 Å². The summed E-state index contributed by atoms with van der Waals surface area (Å²) in [6.07, 6.45) is 3.97. The molecular formula is C21H20N4O3. The molecule has 0 fully saturated rings. The second-order valence-corrected chi connectivity index (χ2v) is 6.27. The zero-order valence-corrected chi connectivity index (χ0v) is 15.4. The van der Waals surface area contributed by atoms with E-state index in [4.69, 9.17) is 9.47 Å². The van der Waals surface area contributed by atoms with Crippen molar-refractivity contribution in [3.63, 3.8) is 0 Å². The number of anilines is 3. The monoisotopic (exact) mass is 376 g/mol. The molecule has 3 aromatic rings. The molecule has 7 nitrogen and oxygen atoms in total. The fraction of sp³-hybridized carbons (Fsp3) is 0.190. The lowest BCUT2D eigenvalue weighted by molar-refractivity contribution is 0.102. The van der Waals surface area contributed by atoms with Crippen LogP contribution < -0.4 is 20.1 Å². The molecule has 2 aromatic carbocycles. The zero-order chi connectivity index (χ0) is 19.3. The Morgan fingerprint density at radius 3 is 2.43 bits per heavy atom. The number of benzene rings is 2. The summed E-state index contributed by atoms with van der Waals surface area (Å²) in [6, 6.07) is 13.4. The van der Waals surface area contributed by atoms with E-state index in [9.17, 15) is 4.79 Å². The molecule has 28 heavy (non-hydrogen) atoms. The SMILES string of the molecule is CCc1ccc(Nc2cnc(C(=O)Nc3ccc4c(c3)OCCO4)cn2)cc1. The highest BCUT2D eigenvalue weighted by Crippen LogP contribution is 2.32. The Morgan fingerprint density at radius 1 is 0.964 bits per heavy atom. The van der Waals surface area contributed by atoms with Crippen molar-refractivity contribution in [2.24, 2.45) is 0 Å². The second kappa shape index (κ2) is 7.96. The molecule has 1 aromatic heterocycles. The van der Waals surface area contributed by atoms with Gasteiger partial charge in [-0.1, -0.05) is 19.1 Å². The number of carbonyl (C=O) groups excluding carboxylic acids is 1. The summed E-state index contributed by atoms with van der Waals surface area (Å²) in [5.41, 5.74) is 3.01. The van der Waals surface area contributed by atoms with Crippen molar-refractivity contribution in [2.45, 2.75) is 13.3 Å². The molecule has 7 heteroatoms. The number of hydrogen-bond donors (Lipinski definition) is 2. The average Bonchev–Trinajstić information content (AvgIpc) is 2.75. The molecule has 2 N–H and O–H groups in total. The third kappa shape index (κ3) is 4.03. The maximum atomic E-state index is 12.4. The summed E-state index contributed by atoms with van der Waals surface area (Å²) in [5, 5.41) is 5.96. The van der Waals surface area contributed by atoms with Crippen LogP contribution in [0.1, 0.15) is 23.0 Å². The van der Waals surface area contributed by atoms with E-state index in [1.165, 1.54) is 18.0 Å². The van der Waals surface area contributed by atoms with Gasteiger partial charge in [-0.15, -0.1) is 0 Å². The van der Waals surface area contributed by atoms with E-state index in [1.807, 2.05) is 12.1 Å². The predicted molar refractivity (Wildman–Crippen MR) is 107 cm³/mol. The second-order valence-electron chi connectivity index (χ2n) is 6.27. The molecule has 142 valence electrons. The molecule has 0 spiro atoms. The highest BCUT2D eigenvalue weighted by Gasteiger charge is 2.14. The lowest BCUT2D eigenvalue weighted by Crippen LogP contribution is -2.17. The lowest BCUT2D eigenvalue weighted by atomic mass is 10.1. The number of fused-ring (bicyclic) bond motifs is 1. The Morgan fingerprint density at radius 2 is 1.71 bits per heavy atom. The third-order valence-electron chi connectivity index (χ3n) is 4.32. The van der Waals surface area contributed by atoms with E-state index < -0.39 is 0 Å². The first-order chi connectivity index (χ1) is 13.7. The van der Waals surface area contributed by atoms with Crippen LogP contribution in [0.3, 0.4) is 0 Å². The van der Waals surface area contributed by atoms with Gasteiger partial charge in [0.05, 0.1) is 12.4 Å². The van der Waals surface area contributed by atoms with Gasteiger partial charge >= 0.3 is 0 Å². The Balaban J connectivity index is 1.40. The number of nitrogens with one attached hydrogen (secondary N) is 2. The van der Waals surface area contributed by atoms with Gasteiger partial charge in [-0.25, -0.2) is 9.97 Å². The van der Waals surface area contributed by atoms with Crippen molar-refractivity contribution in [2.75, 3.05) is 23.8 Å². The molecule has 0 unspecified atom stereocenters. The minimum atomic E-state index is -0.344. The van der Waals surface area contributed by atoms with Crippen LogP contribution in [0, 0.1) is 0 Å².